The summed E-state index contributed by atoms with van der Waals surface area (Å²) < 4.78 is 10.8. The Morgan fingerprint density at radius 2 is 2.05 bits per heavy atom. The van der Waals surface area contributed by atoms with Crippen molar-refractivity contribution in [3.63, 3.8) is 0 Å². The highest BCUT2D eigenvalue weighted by Crippen LogP contribution is 2.29. The smallest absolute Gasteiger partial charge is 0.312 e. The fraction of sp³-hybridized carbons (Fsp3) is 0.500. The molecule has 5 nitrogen and oxygen atoms in total. The van der Waals surface area contributed by atoms with Crippen LogP contribution in [0.5, 0.6) is 11.5 Å². The Morgan fingerprint density at radius 1 is 1.37 bits per heavy atom. The summed E-state index contributed by atoms with van der Waals surface area (Å²) in [6, 6.07) is 5.60. The molecule has 5 heteroatoms. The lowest BCUT2D eigenvalue weighted by Gasteiger charge is -2.20. The monoisotopic (exact) mass is 267 g/mol. The van der Waals surface area contributed by atoms with E-state index in [2.05, 4.69) is 5.32 Å². The molecule has 1 aromatic carbocycles. The lowest BCUT2D eigenvalue weighted by Crippen LogP contribution is -2.30. The van der Waals surface area contributed by atoms with Crippen LogP contribution in [-0.4, -0.2) is 31.8 Å². The fourth-order valence-corrected chi connectivity index (χ4v) is 1.47. The van der Waals surface area contributed by atoms with Crippen LogP contribution in [0, 0.1) is 5.41 Å². The molecule has 19 heavy (non-hydrogen) atoms. The largest absolute Gasteiger partial charge is 0.493 e. The molecule has 0 saturated heterocycles. The molecule has 0 unspecified atom stereocenters. The summed E-state index contributed by atoms with van der Waals surface area (Å²) in [4.78, 5) is 11.0. The lowest BCUT2D eigenvalue weighted by atomic mass is 9.95. The summed E-state index contributed by atoms with van der Waals surface area (Å²) in [5.74, 6) is 0.267. The van der Waals surface area contributed by atoms with Gasteiger partial charge in [0.2, 0.25) is 0 Å². The third kappa shape index (κ3) is 4.13. The average molecular weight is 267 g/mol. The number of aliphatic carboxylic acids is 1. The van der Waals surface area contributed by atoms with Gasteiger partial charge in [-0.1, -0.05) is 6.07 Å². The number of ether oxygens (including phenoxy) is 2. The van der Waals surface area contributed by atoms with Crippen LogP contribution in [0.2, 0.25) is 0 Å². The van der Waals surface area contributed by atoms with Crippen LogP contribution in [0.15, 0.2) is 18.2 Å². The molecule has 0 bridgehead atoms. The molecule has 0 saturated carbocycles. The minimum atomic E-state index is -0.940. The van der Waals surface area contributed by atoms with Gasteiger partial charge in [-0.2, -0.15) is 0 Å². The van der Waals surface area contributed by atoms with Gasteiger partial charge in [-0.3, -0.25) is 4.79 Å². The molecule has 0 fully saturated rings. The molecule has 0 radical (unpaired) electrons. The van der Waals surface area contributed by atoms with E-state index in [-0.39, 0.29) is 6.61 Å². The van der Waals surface area contributed by atoms with Gasteiger partial charge in [0.1, 0.15) is 6.61 Å². The molecular weight excluding hydrogens is 246 g/mol. The molecule has 0 aliphatic carbocycles. The standard InChI is InChI=1S/C14H21NO4/c1-14(2,13(16)17)9-19-12-7-10(8-15-3)5-6-11(12)18-4/h5-7,15H,8-9H2,1-4H3,(H,16,17). The Kier molecular flexibility index (Phi) is 5.18. The molecule has 0 heterocycles. The SMILES string of the molecule is CNCc1ccc(OC)c(OCC(C)(C)C(=O)O)c1. The Morgan fingerprint density at radius 3 is 2.58 bits per heavy atom. The van der Waals surface area contributed by atoms with Crippen molar-refractivity contribution in [1.29, 1.82) is 0 Å². The van der Waals surface area contributed by atoms with Gasteiger partial charge < -0.3 is 19.9 Å². The first kappa shape index (κ1) is 15.3. The van der Waals surface area contributed by atoms with E-state index in [0.717, 1.165) is 5.56 Å². The quantitative estimate of drug-likeness (QED) is 0.789. The molecule has 0 aliphatic heterocycles. The number of methoxy groups -OCH3 is 1. The first-order chi connectivity index (χ1) is 8.90. The molecule has 0 atom stereocenters. The van der Waals surface area contributed by atoms with Gasteiger partial charge in [0.05, 0.1) is 12.5 Å². The third-order valence-electron chi connectivity index (χ3n) is 2.78. The molecule has 106 valence electrons. The number of rotatable bonds is 7. The molecular formula is C14H21NO4. The highest BCUT2D eigenvalue weighted by molar-refractivity contribution is 5.73. The number of carboxylic acid groups (broad SMARTS) is 1. The van der Waals surface area contributed by atoms with Crippen LogP contribution in [0.1, 0.15) is 19.4 Å². The molecule has 0 spiro atoms. The summed E-state index contributed by atoms with van der Waals surface area (Å²) in [6.45, 7) is 4.04. The number of carbonyl (C=O) groups is 1. The second kappa shape index (κ2) is 6.43. The molecule has 2 N–H and O–H groups in total. The van der Waals surface area contributed by atoms with E-state index in [9.17, 15) is 4.79 Å². The van der Waals surface area contributed by atoms with Crippen LogP contribution < -0.4 is 14.8 Å². The lowest BCUT2D eigenvalue weighted by molar-refractivity contribution is -0.148. The van der Waals surface area contributed by atoms with Crippen molar-refractivity contribution >= 4 is 5.97 Å². The van der Waals surface area contributed by atoms with Crippen molar-refractivity contribution in [2.45, 2.75) is 20.4 Å². The van der Waals surface area contributed by atoms with Gasteiger partial charge >= 0.3 is 5.97 Å². The van der Waals surface area contributed by atoms with Crippen LogP contribution in [-0.2, 0) is 11.3 Å². The maximum Gasteiger partial charge on any atom is 0.312 e. The number of hydrogen-bond donors (Lipinski definition) is 2. The van der Waals surface area contributed by atoms with Gasteiger partial charge in [0.25, 0.3) is 0 Å². The summed E-state index contributed by atoms with van der Waals surface area (Å²) >= 11 is 0. The van der Waals surface area contributed by atoms with E-state index in [1.54, 1.807) is 21.0 Å². The highest BCUT2D eigenvalue weighted by atomic mass is 16.5. The third-order valence-corrected chi connectivity index (χ3v) is 2.78. The van der Waals surface area contributed by atoms with Crippen molar-refractivity contribution in [3.05, 3.63) is 23.8 Å². The van der Waals surface area contributed by atoms with E-state index >= 15 is 0 Å². The predicted octanol–water partition coefficient (Wildman–Crippen LogP) is 1.90. The van der Waals surface area contributed by atoms with Crippen molar-refractivity contribution in [2.24, 2.45) is 5.41 Å². The van der Waals surface area contributed by atoms with Gasteiger partial charge in [-0.15, -0.1) is 0 Å². The molecule has 0 aliphatic rings. The van der Waals surface area contributed by atoms with Crippen LogP contribution in [0.25, 0.3) is 0 Å². The fourth-order valence-electron chi connectivity index (χ4n) is 1.47. The zero-order valence-electron chi connectivity index (χ0n) is 11.8. The van der Waals surface area contributed by atoms with Crippen LogP contribution in [0.4, 0.5) is 0 Å². The summed E-state index contributed by atoms with van der Waals surface area (Å²) in [5.41, 5.74) is 0.107. The molecule has 0 aromatic heterocycles. The second-order valence-corrected chi connectivity index (χ2v) is 4.99. The maximum absolute atomic E-state index is 11.0. The van der Waals surface area contributed by atoms with Crippen molar-refractivity contribution in [2.75, 3.05) is 20.8 Å². The molecule has 1 rings (SSSR count). The average Bonchev–Trinajstić information content (AvgIpc) is 2.37. The zero-order chi connectivity index (χ0) is 14.5. The van der Waals surface area contributed by atoms with Gasteiger partial charge in [-0.25, -0.2) is 0 Å². The van der Waals surface area contributed by atoms with Crippen molar-refractivity contribution in [1.82, 2.24) is 5.32 Å². The molecule has 0 amide bonds. The topological polar surface area (TPSA) is 67.8 Å². The van der Waals surface area contributed by atoms with Gasteiger partial charge in [0, 0.05) is 6.54 Å². The zero-order valence-corrected chi connectivity index (χ0v) is 11.8. The maximum atomic E-state index is 11.0. The highest BCUT2D eigenvalue weighted by Gasteiger charge is 2.28. The van der Waals surface area contributed by atoms with Gasteiger partial charge in [0.15, 0.2) is 11.5 Å². The summed E-state index contributed by atoms with van der Waals surface area (Å²) in [5, 5.41) is 12.1. The summed E-state index contributed by atoms with van der Waals surface area (Å²) in [7, 11) is 3.42. The van der Waals surface area contributed by atoms with Crippen LogP contribution in [0.3, 0.4) is 0 Å². The van der Waals surface area contributed by atoms with Crippen molar-refractivity contribution in [3.8, 4) is 11.5 Å². The van der Waals surface area contributed by atoms with E-state index in [4.69, 9.17) is 14.6 Å². The number of nitrogens with one attached hydrogen (secondary N) is 1. The second-order valence-electron chi connectivity index (χ2n) is 4.99. The minimum absolute atomic E-state index is 0.0850. The minimum Gasteiger partial charge on any atom is -0.493 e. The normalized spacial score (nSPS) is 11.2. The molecule has 1 aromatic rings. The Bertz CT molecular complexity index is 443. The van der Waals surface area contributed by atoms with E-state index < -0.39 is 11.4 Å². The number of benzene rings is 1. The van der Waals surface area contributed by atoms with E-state index in [0.29, 0.717) is 18.0 Å². The first-order valence-electron chi connectivity index (χ1n) is 6.08. The number of hydrogen-bond acceptors (Lipinski definition) is 4. The van der Waals surface area contributed by atoms with Crippen molar-refractivity contribution < 1.29 is 19.4 Å². The predicted molar refractivity (Wildman–Crippen MR) is 72.7 cm³/mol. The van der Waals surface area contributed by atoms with E-state index in [1.165, 1.54) is 0 Å². The van der Waals surface area contributed by atoms with E-state index in [1.807, 2.05) is 25.2 Å². The Hall–Kier alpha value is -1.75. The van der Waals surface area contributed by atoms with Gasteiger partial charge in [-0.05, 0) is 38.6 Å². The number of carboxylic acids is 1. The Labute approximate surface area is 113 Å². The Balaban J connectivity index is 2.86. The summed E-state index contributed by atoms with van der Waals surface area (Å²) in [6.07, 6.45) is 0. The first-order valence-corrected chi connectivity index (χ1v) is 6.08. The van der Waals surface area contributed by atoms with Crippen LogP contribution >= 0.6 is 0 Å².